The second-order valence-electron chi connectivity index (χ2n) is 4.61. The molecule has 2 N–H and O–H groups in total. The SMILES string of the molecule is C=c1ccc(-c2cc(N)cc(C=O)c2)c/c1=C/C=C\C. The first kappa shape index (κ1) is 13.8. The molecule has 2 aromatic carbocycles. The molecule has 0 radical (unpaired) electrons. The van der Waals surface area contributed by atoms with Crippen molar-refractivity contribution in [2.45, 2.75) is 6.92 Å². The highest BCUT2D eigenvalue weighted by molar-refractivity contribution is 5.81. The number of rotatable bonds is 3. The third-order valence-electron chi connectivity index (χ3n) is 3.06. The van der Waals surface area contributed by atoms with Crippen LogP contribution in [0.3, 0.4) is 0 Å². The highest BCUT2D eigenvalue weighted by Gasteiger charge is 2.01. The van der Waals surface area contributed by atoms with E-state index in [0.717, 1.165) is 27.9 Å². The van der Waals surface area contributed by atoms with Gasteiger partial charge in [-0.3, -0.25) is 4.79 Å². The highest BCUT2D eigenvalue weighted by Crippen LogP contribution is 2.21. The van der Waals surface area contributed by atoms with Crippen LogP contribution in [0.15, 0.2) is 48.6 Å². The quantitative estimate of drug-likeness (QED) is 0.683. The fourth-order valence-corrected chi connectivity index (χ4v) is 2.04. The van der Waals surface area contributed by atoms with Gasteiger partial charge in [0.1, 0.15) is 6.29 Å². The lowest BCUT2D eigenvalue weighted by Crippen LogP contribution is -2.22. The molecule has 2 aromatic rings. The lowest BCUT2D eigenvalue weighted by atomic mass is 10.0. The molecule has 100 valence electrons. The van der Waals surface area contributed by atoms with E-state index in [2.05, 4.69) is 6.58 Å². The van der Waals surface area contributed by atoms with Gasteiger partial charge in [-0.05, 0) is 52.8 Å². The molecule has 0 aromatic heterocycles. The van der Waals surface area contributed by atoms with Crippen molar-refractivity contribution in [2.75, 3.05) is 5.73 Å². The number of hydrogen-bond donors (Lipinski definition) is 1. The summed E-state index contributed by atoms with van der Waals surface area (Å²) in [6.07, 6.45) is 6.77. The van der Waals surface area contributed by atoms with Crippen LogP contribution in [-0.2, 0) is 0 Å². The Balaban J connectivity index is 2.62. The molecule has 0 aliphatic rings. The van der Waals surface area contributed by atoms with Crippen LogP contribution in [-0.4, -0.2) is 6.29 Å². The van der Waals surface area contributed by atoms with Crippen molar-refractivity contribution in [3.63, 3.8) is 0 Å². The van der Waals surface area contributed by atoms with Crippen LogP contribution in [0.5, 0.6) is 0 Å². The third-order valence-corrected chi connectivity index (χ3v) is 3.06. The van der Waals surface area contributed by atoms with E-state index < -0.39 is 0 Å². The largest absolute Gasteiger partial charge is 0.399 e. The Morgan fingerprint density at radius 3 is 2.60 bits per heavy atom. The number of carbonyl (C=O) groups is 1. The topological polar surface area (TPSA) is 43.1 Å². The van der Waals surface area contributed by atoms with Gasteiger partial charge in [0, 0.05) is 11.3 Å². The molecule has 0 saturated carbocycles. The number of benzene rings is 2. The van der Waals surface area contributed by atoms with Crippen molar-refractivity contribution in [3.8, 4) is 11.1 Å². The van der Waals surface area contributed by atoms with Crippen molar-refractivity contribution in [2.24, 2.45) is 0 Å². The van der Waals surface area contributed by atoms with Gasteiger partial charge in [-0.15, -0.1) is 0 Å². The Morgan fingerprint density at radius 2 is 1.90 bits per heavy atom. The molecule has 0 spiro atoms. The fourth-order valence-electron chi connectivity index (χ4n) is 2.04. The predicted octanol–water partition coefficient (Wildman–Crippen LogP) is 2.52. The van der Waals surface area contributed by atoms with Crippen molar-refractivity contribution in [1.29, 1.82) is 0 Å². The number of nitrogens with two attached hydrogens (primary N) is 1. The van der Waals surface area contributed by atoms with Gasteiger partial charge in [-0.2, -0.15) is 0 Å². The molecule has 0 unspecified atom stereocenters. The maximum absolute atomic E-state index is 10.9. The zero-order chi connectivity index (χ0) is 14.5. The zero-order valence-corrected chi connectivity index (χ0v) is 11.5. The Morgan fingerprint density at radius 1 is 1.10 bits per heavy atom. The molecule has 0 atom stereocenters. The molecule has 0 amide bonds. The molecule has 0 bridgehead atoms. The van der Waals surface area contributed by atoms with Gasteiger partial charge in [0.05, 0.1) is 0 Å². The molecule has 0 saturated heterocycles. The smallest absolute Gasteiger partial charge is 0.150 e. The van der Waals surface area contributed by atoms with Crippen molar-refractivity contribution in [3.05, 3.63) is 64.6 Å². The van der Waals surface area contributed by atoms with E-state index >= 15 is 0 Å². The van der Waals surface area contributed by atoms with Crippen LogP contribution in [0.25, 0.3) is 23.8 Å². The molecule has 0 aliphatic heterocycles. The van der Waals surface area contributed by atoms with Crippen molar-refractivity contribution < 1.29 is 4.79 Å². The second kappa shape index (κ2) is 6.02. The minimum atomic E-state index is 0.581. The summed E-state index contributed by atoms with van der Waals surface area (Å²) in [5.41, 5.74) is 8.95. The summed E-state index contributed by atoms with van der Waals surface area (Å²) in [7, 11) is 0. The summed E-state index contributed by atoms with van der Waals surface area (Å²) in [6, 6.07) is 11.4. The third kappa shape index (κ3) is 3.04. The van der Waals surface area contributed by atoms with Gasteiger partial charge in [-0.1, -0.05) is 36.9 Å². The molecular formula is C18H17NO. The number of carbonyl (C=O) groups excluding carboxylic acids is 1. The van der Waals surface area contributed by atoms with Gasteiger partial charge in [0.15, 0.2) is 0 Å². The molecule has 0 aliphatic carbocycles. The van der Waals surface area contributed by atoms with Crippen LogP contribution < -0.4 is 16.2 Å². The minimum Gasteiger partial charge on any atom is -0.399 e. The lowest BCUT2D eigenvalue weighted by molar-refractivity contribution is 0.112. The average Bonchev–Trinajstić information content (AvgIpc) is 2.45. The Labute approximate surface area is 118 Å². The standard InChI is InChI=1S/C18H17NO/c1-3-4-5-15-10-16(7-6-13(15)2)17-8-14(12-20)9-18(19)11-17/h3-12H,2,19H2,1H3/b4-3-,15-5-. The van der Waals surface area contributed by atoms with Crippen molar-refractivity contribution in [1.82, 2.24) is 0 Å². The molecule has 0 fully saturated rings. The van der Waals surface area contributed by atoms with Crippen LogP contribution in [0.2, 0.25) is 0 Å². The predicted molar refractivity (Wildman–Crippen MR) is 85.7 cm³/mol. The normalized spacial score (nSPS) is 11.9. The van der Waals surface area contributed by atoms with Gasteiger partial charge < -0.3 is 5.73 Å². The monoisotopic (exact) mass is 263 g/mol. The first-order chi connectivity index (χ1) is 9.63. The summed E-state index contributed by atoms with van der Waals surface area (Å²) >= 11 is 0. The van der Waals surface area contributed by atoms with E-state index in [1.54, 1.807) is 6.07 Å². The molecule has 0 heterocycles. The molecule has 2 heteroatoms. The average molecular weight is 263 g/mol. The second-order valence-corrected chi connectivity index (χ2v) is 4.61. The number of allylic oxidation sites excluding steroid dienone is 2. The summed E-state index contributed by atoms with van der Waals surface area (Å²) < 4.78 is 0. The van der Waals surface area contributed by atoms with E-state index in [9.17, 15) is 4.79 Å². The van der Waals surface area contributed by atoms with E-state index in [0.29, 0.717) is 11.3 Å². The van der Waals surface area contributed by atoms with E-state index in [-0.39, 0.29) is 0 Å². The fraction of sp³-hybridized carbons (Fsp3) is 0.0556. The zero-order valence-electron chi connectivity index (χ0n) is 11.5. The van der Waals surface area contributed by atoms with Crippen molar-refractivity contribution >= 4 is 24.6 Å². The summed E-state index contributed by atoms with van der Waals surface area (Å²) in [6.45, 7) is 5.98. The summed E-state index contributed by atoms with van der Waals surface area (Å²) in [5.74, 6) is 0. The maximum atomic E-state index is 10.9. The van der Waals surface area contributed by atoms with Crippen LogP contribution in [0.1, 0.15) is 17.3 Å². The lowest BCUT2D eigenvalue weighted by Gasteiger charge is -2.05. The van der Waals surface area contributed by atoms with E-state index in [1.165, 1.54) is 0 Å². The summed E-state index contributed by atoms with van der Waals surface area (Å²) in [5, 5.41) is 2.02. The Hall–Kier alpha value is -2.61. The van der Waals surface area contributed by atoms with E-state index in [4.69, 9.17) is 5.73 Å². The molecule has 20 heavy (non-hydrogen) atoms. The number of aldehydes is 1. The minimum absolute atomic E-state index is 0.581. The Bertz CT molecular complexity index is 772. The molecular weight excluding hydrogens is 246 g/mol. The highest BCUT2D eigenvalue weighted by atomic mass is 16.1. The number of anilines is 1. The first-order valence-electron chi connectivity index (χ1n) is 6.42. The summed E-state index contributed by atoms with van der Waals surface area (Å²) in [4.78, 5) is 10.9. The van der Waals surface area contributed by atoms with Gasteiger partial charge in [0.25, 0.3) is 0 Å². The molecule has 2 nitrogen and oxygen atoms in total. The maximum Gasteiger partial charge on any atom is 0.150 e. The van der Waals surface area contributed by atoms with Crippen LogP contribution >= 0.6 is 0 Å². The van der Waals surface area contributed by atoms with Gasteiger partial charge >= 0.3 is 0 Å². The molecule has 2 rings (SSSR count). The van der Waals surface area contributed by atoms with E-state index in [1.807, 2.05) is 55.5 Å². The number of nitrogen functional groups attached to an aromatic ring is 1. The van der Waals surface area contributed by atoms with Crippen LogP contribution in [0.4, 0.5) is 5.69 Å². The van der Waals surface area contributed by atoms with Gasteiger partial charge in [-0.25, -0.2) is 0 Å². The van der Waals surface area contributed by atoms with Gasteiger partial charge in [0.2, 0.25) is 0 Å². The Kier molecular flexibility index (Phi) is 4.16. The van der Waals surface area contributed by atoms with Crippen LogP contribution in [0, 0.1) is 0 Å². The number of hydrogen-bond acceptors (Lipinski definition) is 2. The first-order valence-corrected chi connectivity index (χ1v) is 6.42.